The van der Waals surface area contributed by atoms with Gasteiger partial charge in [0, 0.05) is 12.6 Å². The lowest BCUT2D eigenvalue weighted by Gasteiger charge is -2.09. The van der Waals surface area contributed by atoms with E-state index >= 15 is 0 Å². The standard InChI is InChI=1S/C12H17ClN2O2S/c1-8-5-11(8)15-18(16,17)12-6-9(7-14-2)3-4-10(12)13/h3-4,6,8,11,14-15H,5,7H2,1-2H3. The molecule has 2 N–H and O–H groups in total. The Bertz CT molecular complexity index is 545. The van der Waals surface area contributed by atoms with Gasteiger partial charge in [-0.25, -0.2) is 13.1 Å². The molecule has 0 saturated heterocycles. The maximum atomic E-state index is 12.2. The van der Waals surface area contributed by atoms with E-state index in [1.807, 2.05) is 20.0 Å². The van der Waals surface area contributed by atoms with Crippen LogP contribution in [0.25, 0.3) is 0 Å². The molecule has 0 amide bonds. The van der Waals surface area contributed by atoms with E-state index in [-0.39, 0.29) is 16.0 Å². The molecule has 0 bridgehead atoms. The smallest absolute Gasteiger partial charge is 0.242 e. The lowest BCUT2D eigenvalue weighted by Crippen LogP contribution is -2.27. The summed E-state index contributed by atoms with van der Waals surface area (Å²) in [5, 5.41) is 3.24. The average Bonchev–Trinajstić information content (AvgIpc) is 2.96. The van der Waals surface area contributed by atoms with Crippen LogP contribution in [0.4, 0.5) is 0 Å². The Morgan fingerprint density at radius 3 is 2.67 bits per heavy atom. The Balaban J connectivity index is 2.27. The third kappa shape index (κ3) is 3.03. The molecule has 1 aromatic carbocycles. The van der Waals surface area contributed by atoms with Crippen LogP contribution in [0.5, 0.6) is 0 Å². The van der Waals surface area contributed by atoms with Crippen molar-refractivity contribution in [3.8, 4) is 0 Å². The van der Waals surface area contributed by atoms with Gasteiger partial charge in [0.2, 0.25) is 10.0 Å². The first-order valence-electron chi connectivity index (χ1n) is 5.89. The first kappa shape index (κ1) is 13.8. The van der Waals surface area contributed by atoms with Gasteiger partial charge in [-0.3, -0.25) is 0 Å². The third-order valence-electron chi connectivity index (χ3n) is 3.08. The van der Waals surface area contributed by atoms with E-state index in [1.165, 1.54) is 0 Å². The molecular weight excluding hydrogens is 272 g/mol. The summed E-state index contributed by atoms with van der Waals surface area (Å²) in [5.41, 5.74) is 0.895. The largest absolute Gasteiger partial charge is 0.316 e. The van der Waals surface area contributed by atoms with Crippen LogP contribution in [0.3, 0.4) is 0 Å². The van der Waals surface area contributed by atoms with Crippen molar-refractivity contribution in [2.75, 3.05) is 7.05 Å². The SMILES string of the molecule is CNCc1ccc(Cl)c(S(=O)(=O)NC2CC2C)c1. The number of sulfonamides is 1. The van der Waals surface area contributed by atoms with Crippen molar-refractivity contribution in [1.82, 2.24) is 10.0 Å². The van der Waals surface area contributed by atoms with Gasteiger partial charge in [0.1, 0.15) is 4.90 Å². The average molecular weight is 289 g/mol. The van der Waals surface area contributed by atoms with Crippen LogP contribution in [0.1, 0.15) is 18.9 Å². The summed E-state index contributed by atoms with van der Waals surface area (Å²) >= 11 is 5.98. The zero-order valence-corrected chi connectivity index (χ0v) is 12.0. The Kier molecular flexibility index (Phi) is 3.96. The van der Waals surface area contributed by atoms with Crippen molar-refractivity contribution >= 4 is 21.6 Å². The van der Waals surface area contributed by atoms with Gasteiger partial charge in [-0.05, 0) is 37.1 Å². The van der Waals surface area contributed by atoms with Gasteiger partial charge < -0.3 is 5.32 Å². The van der Waals surface area contributed by atoms with E-state index in [9.17, 15) is 8.42 Å². The van der Waals surface area contributed by atoms with Crippen molar-refractivity contribution < 1.29 is 8.42 Å². The summed E-state index contributed by atoms with van der Waals surface area (Å²) in [6.45, 7) is 2.63. The topological polar surface area (TPSA) is 58.2 Å². The first-order valence-corrected chi connectivity index (χ1v) is 7.75. The van der Waals surface area contributed by atoms with E-state index in [1.54, 1.807) is 12.1 Å². The lowest BCUT2D eigenvalue weighted by atomic mass is 10.2. The first-order chi connectivity index (χ1) is 8.44. The highest BCUT2D eigenvalue weighted by Gasteiger charge is 2.36. The van der Waals surface area contributed by atoms with Crippen molar-refractivity contribution in [3.05, 3.63) is 28.8 Å². The summed E-state index contributed by atoms with van der Waals surface area (Å²) in [4.78, 5) is 0.163. The zero-order valence-electron chi connectivity index (χ0n) is 10.4. The highest BCUT2D eigenvalue weighted by molar-refractivity contribution is 7.89. The summed E-state index contributed by atoms with van der Waals surface area (Å²) in [5.74, 6) is 0.416. The van der Waals surface area contributed by atoms with Gasteiger partial charge in [0.15, 0.2) is 0 Å². The highest BCUT2D eigenvalue weighted by Crippen LogP contribution is 2.32. The minimum absolute atomic E-state index is 0.0547. The fourth-order valence-electron chi connectivity index (χ4n) is 1.82. The van der Waals surface area contributed by atoms with E-state index < -0.39 is 10.0 Å². The maximum absolute atomic E-state index is 12.2. The number of rotatable bonds is 5. The van der Waals surface area contributed by atoms with E-state index in [0.29, 0.717) is 12.5 Å². The fourth-order valence-corrected chi connectivity index (χ4v) is 3.72. The molecule has 2 unspecified atom stereocenters. The molecule has 6 heteroatoms. The third-order valence-corrected chi connectivity index (χ3v) is 5.05. The zero-order chi connectivity index (χ0) is 13.3. The Morgan fingerprint density at radius 2 is 2.11 bits per heavy atom. The Hall–Kier alpha value is -0.620. The summed E-state index contributed by atoms with van der Waals surface area (Å²) < 4.78 is 27.1. The van der Waals surface area contributed by atoms with Crippen molar-refractivity contribution in [2.45, 2.75) is 30.8 Å². The molecule has 0 heterocycles. The van der Waals surface area contributed by atoms with Crippen LogP contribution in [0, 0.1) is 5.92 Å². The van der Waals surface area contributed by atoms with Gasteiger partial charge in [0.05, 0.1) is 5.02 Å². The second-order valence-electron chi connectivity index (χ2n) is 4.74. The minimum Gasteiger partial charge on any atom is -0.316 e. The van der Waals surface area contributed by atoms with Gasteiger partial charge in [-0.2, -0.15) is 0 Å². The van der Waals surface area contributed by atoms with Crippen molar-refractivity contribution in [2.24, 2.45) is 5.92 Å². The van der Waals surface area contributed by atoms with Gasteiger partial charge >= 0.3 is 0 Å². The summed E-state index contributed by atoms with van der Waals surface area (Å²) in [6.07, 6.45) is 0.896. The molecule has 1 aliphatic carbocycles. The van der Waals surface area contributed by atoms with Crippen LogP contribution in [0.15, 0.2) is 23.1 Å². The highest BCUT2D eigenvalue weighted by atomic mass is 35.5. The normalized spacial score (nSPS) is 23.1. The van der Waals surface area contributed by atoms with Gasteiger partial charge in [0.25, 0.3) is 0 Å². The molecule has 1 aliphatic rings. The monoisotopic (exact) mass is 288 g/mol. The van der Waals surface area contributed by atoms with E-state index in [4.69, 9.17) is 11.6 Å². The van der Waals surface area contributed by atoms with Crippen LogP contribution in [-0.2, 0) is 16.6 Å². The van der Waals surface area contributed by atoms with E-state index in [2.05, 4.69) is 10.0 Å². The predicted octanol–water partition coefficient (Wildman–Crippen LogP) is 1.75. The number of hydrogen-bond donors (Lipinski definition) is 2. The van der Waals surface area contributed by atoms with Crippen LogP contribution in [0.2, 0.25) is 5.02 Å². The predicted molar refractivity (Wildman–Crippen MR) is 72.1 cm³/mol. The Labute approximate surface area is 113 Å². The summed E-state index contributed by atoms with van der Waals surface area (Å²) in [7, 11) is -1.70. The quantitative estimate of drug-likeness (QED) is 0.868. The molecule has 2 rings (SSSR count). The fraction of sp³-hybridized carbons (Fsp3) is 0.500. The molecule has 0 aliphatic heterocycles. The Morgan fingerprint density at radius 1 is 1.44 bits per heavy atom. The van der Waals surface area contributed by atoms with Crippen LogP contribution < -0.4 is 10.0 Å². The number of nitrogens with one attached hydrogen (secondary N) is 2. The molecule has 100 valence electrons. The molecule has 1 fully saturated rings. The molecular formula is C12H17ClN2O2S. The number of hydrogen-bond acceptors (Lipinski definition) is 3. The molecule has 0 aromatic heterocycles. The molecule has 18 heavy (non-hydrogen) atoms. The van der Waals surface area contributed by atoms with E-state index in [0.717, 1.165) is 12.0 Å². The second kappa shape index (κ2) is 5.17. The van der Waals surface area contributed by atoms with Crippen molar-refractivity contribution in [1.29, 1.82) is 0 Å². The van der Waals surface area contributed by atoms with Gasteiger partial charge in [-0.15, -0.1) is 0 Å². The molecule has 1 saturated carbocycles. The maximum Gasteiger partial charge on any atom is 0.242 e. The number of halogens is 1. The molecule has 2 atom stereocenters. The molecule has 1 aromatic rings. The number of benzene rings is 1. The van der Waals surface area contributed by atoms with Crippen LogP contribution in [-0.4, -0.2) is 21.5 Å². The molecule has 0 radical (unpaired) electrons. The lowest BCUT2D eigenvalue weighted by molar-refractivity contribution is 0.578. The summed E-state index contributed by atoms with van der Waals surface area (Å²) in [6, 6.07) is 5.12. The van der Waals surface area contributed by atoms with Crippen molar-refractivity contribution in [3.63, 3.8) is 0 Å². The molecule has 0 spiro atoms. The van der Waals surface area contributed by atoms with Gasteiger partial charge in [-0.1, -0.05) is 24.6 Å². The minimum atomic E-state index is -3.51. The van der Waals surface area contributed by atoms with Crippen LogP contribution >= 0.6 is 11.6 Å². The molecule has 4 nitrogen and oxygen atoms in total. The second-order valence-corrected chi connectivity index (χ2v) is 6.83.